The average Bonchev–Trinajstić information content (AvgIpc) is 3.20. The molecule has 148 valence electrons. The van der Waals surface area contributed by atoms with Crippen LogP contribution in [-0.2, 0) is 21.4 Å². The summed E-state index contributed by atoms with van der Waals surface area (Å²) in [6.45, 7) is 2.42. The van der Waals surface area contributed by atoms with Crippen LogP contribution in [0.15, 0.2) is 63.0 Å². The van der Waals surface area contributed by atoms with Crippen molar-refractivity contribution in [3.63, 3.8) is 0 Å². The number of ether oxygens (including phenoxy) is 1. The summed E-state index contributed by atoms with van der Waals surface area (Å²) in [7, 11) is -1.82. The van der Waals surface area contributed by atoms with Gasteiger partial charge in [0.15, 0.2) is 5.96 Å². The lowest BCUT2D eigenvalue weighted by molar-refractivity contribution is 0.105. The molecule has 3 N–H and O–H groups in total. The highest BCUT2D eigenvalue weighted by Gasteiger charge is 2.11. The van der Waals surface area contributed by atoms with Gasteiger partial charge >= 0.3 is 0 Å². The number of rotatable bonds is 11. The van der Waals surface area contributed by atoms with E-state index in [0.717, 1.165) is 12.2 Å². The Morgan fingerprint density at radius 1 is 1.07 bits per heavy atom. The predicted octanol–water partition coefficient (Wildman–Crippen LogP) is 1.33. The zero-order valence-electron chi connectivity index (χ0n) is 15.3. The second kappa shape index (κ2) is 11.4. The lowest BCUT2D eigenvalue weighted by Crippen LogP contribution is -2.41. The summed E-state index contributed by atoms with van der Waals surface area (Å²) < 4.78 is 37.4. The van der Waals surface area contributed by atoms with Crippen LogP contribution in [0.25, 0.3) is 0 Å². The summed E-state index contributed by atoms with van der Waals surface area (Å²) in [5.74, 6) is 1.42. The number of hydrogen-bond donors (Lipinski definition) is 3. The quantitative estimate of drug-likeness (QED) is 0.302. The van der Waals surface area contributed by atoms with Gasteiger partial charge in [0, 0.05) is 33.3 Å². The van der Waals surface area contributed by atoms with Gasteiger partial charge in [0.1, 0.15) is 12.4 Å². The highest BCUT2D eigenvalue weighted by atomic mass is 32.2. The van der Waals surface area contributed by atoms with Crippen molar-refractivity contribution in [2.45, 2.75) is 17.9 Å². The number of nitrogens with one attached hydrogen (secondary N) is 3. The maximum Gasteiger partial charge on any atom is 0.240 e. The maximum atomic E-state index is 12.1. The number of aliphatic imine (C=N–C) groups is 1. The number of benzene rings is 1. The summed E-state index contributed by atoms with van der Waals surface area (Å²) in [6, 6.07) is 12.0. The van der Waals surface area contributed by atoms with Crippen molar-refractivity contribution >= 4 is 16.0 Å². The van der Waals surface area contributed by atoms with Gasteiger partial charge in [-0.15, -0.1) is 0 Å². The Morgan fingerprint density at radius 2 is 1.85 bits per heavy atom. The van der Waals surface area contributed by atoms with Crippen molar-refractivity contribution in [1.29, 1.82) is 0 Å². The topological polar surface area (TPSA) is 105 Å². The molecule has 0 aliphatic rings. The van der Waals surface area contributed by atoms with Gasteiger partial charge in [0.2, 0.25) is 10.0 Å². The first kappa shape index (κ1) is 20.9. The number of guanidine groups is 1. The van der Waals surface area contributed by atoms with Gasteiger partial charge in [-0.25, -0.2) is 13.1 Å². The van der Waals surface area contributed by atoms with Crippen LogP contribution in [0.5, 0.6) is 0 Å². The van der Waals surface area contributed by atoms with Gasteiger partial charge in [-0.1, -0.05) is 18.2 Å². The van der Waals surface area contributed by atoms with Crippen LogP contribution in [0, 0.1) is 0 Å². The summed E-state index contributed by atoms with van der Waals surface area (Å²) in [4.78, 5) is 4.35. The highest BCUT2D eigenvalue weighted by Crippen LogP contribution is 2.06. The van der Waals surface area contributed by atoms with E-state index in [0.29, 0.717) is 32.3 Å². The molecule has 2 rings (SSSR count). The molecule has 8 nitrogen and oxygen atoms in total. The molecule has 0 fully saturated rings. The number of furan rings is 1. The summed E-state index contributed by atoms with van der Waals surface area (Å²) >= 11 is 0. The van der Waals surface area contributed by atoms with Crippen LogP contribution < -0.4 is 15.4 Å². The molecule has 0 atom stereocenters. The van der Waals surface area contributed by atoms with Crippen LogP contribution in [0.3, 0.4) is 0 Å². The van der Waals surface area contributed by atoms with E-state index in [2.05, 4.69) is 20.3 Å². The van der Waals surface area contributed by atoms with Crippen molar-refractivity contribution in [3.8, 4) is 0 Å². The average molecular weight is 394 g/mol. The van der Waals surface area contributed by atoms with Crippen LogP contribution >= 0.6 is 0 Å². The predicted molar refractivity (Wildman–Crippen MR) is 104 cm³/mol. The van der Waals surface area contributed by atoms with Crippen LogP contribution in [-0.4, -0.2) is 47.7 Å². The fourth-order valence-electron chi connectivity index (χ4n) is 2.22. The second-order valence-corrected chi connectivity index (χ2v) is 7.39. The molecule has 0 saturated carbocycles. The third kappa shape index (κ3) is 7.81. The van der Waals surface area contributed by atoms with E-state index in [1.54, 1.807) is 43.6 Å². The van der Waals surface area contributed by atoms with E-state index < -0.39 is 10.0 Å². The molecule has 27 heavy (non-hydrogen) atoms. The fourth-order valence-corrected chi connectivity index (χ4v) is 3.27. The van der Waals surface area contributed by atoms with Crippen molar-refractivity contribution < 1.29 is 17.6 Å². The summed E-state index contributed by atoms with van der Waals surface area (Å²) in [5.41, 5.74) is 0. The second-order valence-electron chi connectivity index (χ2n) is 5.62. The SMILES string of the molecule is CN=C(NCCCOCc1ccco1)NCCNS(=O)(=O)c1ccccc1. The maximum absolute atomic E-state index is 12.1. The standard InChI is InChI=1S/C18H26N4O4S/c1-19-18(20-10-6-13-25-15-16-7-5-14-26-16)21-11-12-22-27(23,24)17-8-3-2-4-9-17/h2-5,7-9,14,22H,6,10-13,15H2,1H3,(H2,19,20,21). The Morgan fingerprint density at radius 3 is 2.56 bits per heavy atom. The minimum atomic E-state index is -3.49. The first-order valence-corrected chi connectivity index (χ1v) is 10.2. The van der Waals surface area contributed by atoms with Crippen molar-refractivity contribution in [2.24, 2.45) is 4.99 Å². The minimum absolute atomic E-state index is 0.252. The number of hydrogen-bond acceptors (Lipinski definition) is 5. The Balaban J connectivity index is 1.56. The van der Waals surface area contributed by atoms with E-state index in [4.69, 9.17) is 9.15 Å². The van der Waals surface area contributed by atoms with E-state index >= 15 is 0 Å². The van der Waals surface area contributed by atoms with Crippen LogP contribution in [0.2, 0.25) is 0 Å². The zero-order valence-corrected chi connectivity index (χ0v) is 16.2. The van der Waals surface area contributed by atoms with Gasteiger partial charge in [-0.05, 0) is 30.7 Å². The molecule has 0 aliphatic carbocycles. The number of sulfonamides is 1. The van der Waals surface area contributed by atoms with E-state index in [1.165, 1.54) is 0 Å². The van der Waals surface area contributed by atoms with Gasteiger partial charge in [0.25, 0.3) is 0 Å². The molecule has 0 saturated heterocycles. The third-order valence-electron chi connectivity index (χ3n) is 3.57. The molecule has 0 unspecified atom stereocenters. The van der Waals surface area contributed by atoms with E-state index in [1.807, 2.05) is 12.1 Å². The van der Waals surface area contributed by atoms with Gasteiger partial charge < -0.3 is 19.8 Å². The molecular formula is C18H26N4O4S. The monoisotopic (exact) mass is 394 g/mol. The molecule has 1 heterocycles. The lowest BCUT2D eigenvalue weighted by Gasteiger charge is -2.12. The molecule has 0 amide bonds. The molecule has 9 heteroatoms. The first-order chi connectivity index (χ1) is 13.1. The highest BCUT2D eigenvalue weighted by molar-refractivity contribution is 7.89. The van der Waals surface area contributed by atoms with Crippen molar-refractivity contribution in [2.75, 3.05) is 33.3 Å². The summed E-state index contributed by atoms with van der Waals surface area (Å²) in [6.07, 6.45) is 2.43. The summed E-state index contributed by atoms with van der Waals surface area (Å²) in [5, 5.41) is 6.21. The Hall–Kier alpha value is -2.36. The molecule has 0 aliphatic heterocycles. The van der Waals surface area contributed by atoms with E-state index in [-0.39, 0.29) is 11.4 Å². The van der Waals surface area contributed by atoms with Crippen molar-refractivity contribution in [3.05, 3.63) is 54.5 Å². The fraction of sp³-hybridized carbons (Fsp3) is 0.389. The molecule has 2 aromatic rings. The Bertz CT molecular complexity index is 777. The van der Waals surface area contributed by atoms with Crippen LogP contribution in [0.1, 0.15) is 12.2 Å². The number of nitrogens with zero attached hydrogens (tertiary/aromatic N) is 1. The molecule has 0 bridgehead atoms. The minimum Gasteiger partial charge on any atom is -0.467 e. The van der Waals surface area contributed by atoms with Crippen molar-refractivity contribution in [1.82, 2.24) is 15.4 Å². The normalized spacial score (nSPS) is 12.1. The van der Waals surface area contributed by atoms with E-state index in [9.17, 15) is 8.42 Å². The molecule has 0 spiro atoms. The molecule has 1 aromatic heterocycles. The zero-order chi connectivity index (χ0) is 19.4. The first-order valence-electron chi connectivity index (χ1n) is 8.71. The smallest absolute Gasteiger partial charge is 0.240 e. The Labute approximate surface area is 160 Å². The molecule has 1 aromatic carbocycles. The molecular weight excluding hydrogens is 368 g/mol. The Kier molecular flexibility index (Phi) is 8.82. The van der Waals surface area contributed by atoms with Gasteiger partial charge in [-0.3, -0.25) is 4.99 Å². The lowest BCUT2D eigenvalue weighted by atomic mass is 10.4. The molecule has 0 radical (unpaired) electrons. The van der Waals surface area contributed by atoms with Gasteiger partial charge in [0.05, 0.1) is 11.2 Å². The van der Waals surface area contributed by atoms with Crippen LogP contribution in [0.4, 0.5) is 0 Å². The third-order valence-corrected chi connectivity index (χ3v) is 5.05. The largest absolute Gasteiger partial charge is 0.467 e. The van der Waals surface area contributed by atoms with Gasteiger partial charge in [-0.2, -0.15) is 0 Å².